The molecule has 0 spiro atoms. The van der Waals surface area contributed by atoms with Gasteiger partial charge in [0.25, 0.3) is 20.5 Å². The lowest BCUT2D eigenvalue weighted by Crippen LogP contribution is -2.38. The Bertz CT molecular complexity index is 1950. The van der Waals surface area contributed by atoms with Gasteiger partial charge in [0, 0.05) is 5.02 Å². The van der Waals surface area contributed by atoms with Crippen molar-refractivity contribution in [2.75, 3.05) is 13.2 Å². The van der Waals surface area contributed by atoms with Crippen LogP contribution in [0.5, 0.6) is 0 Å². The number of nitrogens with one attached hydrogen (secondary N) is 1. The number of rotatable bonds is 2. The van der Waals surface area contributed by atoms with E-state index in [0.717, 1.165) is 11.9 Å². The Hall–Kier alpha value is -2.43. The number of ether oxygens (including phenoxy) is 2. The standard InChI is InChI=1S/C23H22B2ClFN6O10P2/c1-9-2-12-11(3-10(9)26)28-7-32(12)23-18(34)20-15(41-23)6-39-44(24,36)42-19-14(5-38-45(25,37)43-20)40-22(16(19)27)33-8-29-17-13(33)4-30-31-21(17)35/h2-4,7-8,14-16,18-20,22-23,34H,5-6H2,1H3,(H,31,35)/t14-,15-,16?,18+,19+,20?,22-,23-,44?,45?/m1/s1. The summed E-state index contributed by atoms with van der Waals surface area (Å²) in [7, 11) is 2.69. The van der Waals surface area contributed by atoms with Crippen molar-refractivity contribution in [3.63, 3.8) is 0 Å². The highest BCUT2D eigenvalue weighted by Crippen LogP contribution is 2.53. The predicted molar refractivity (Wildman–Crippen MR) is 155 cm³/mol. The van der Waals surface area contributed by atoms with Gasteiger partial charge < -0.3 is 37.2 Å². The summed E-state index contributed by atoms with van der Waals surface area (Å²) in [5, 5.41) is 17.7. The number of aromatic nitrogens is 6. The Morgan fingerprint density at radius 3 is 2.36 bits per heavy atom. The van der Waals surface area contributed by atoms with Crippen LogP contribution in [0.3, 0.4) is 0 Å². The van der Waals surface area contributed by atoms with E-state index in [1.165, 1.54) is 21.7 Å². The number of aryl methyl sites for hydroxylation is 1. The molecule has 234 valence electrons. The fourth-order valence-corrected chi connectivity index (χ4v) is 7.76. The maximum Gasteiger partial charge on any atom is 0.292 e. The van der Waals surface area contributed by atoms with Gasteiger partial charge in [-0.1, -0.05) is 11.6 Å². The van der Waals surface area contributed by atoms with Crippen molar-refractivity contribution >= 4 is 63.7 Å². The van der Waals surface area contributed by atoms with Gasteiger partial charge in [-0.25, -0.2) is 19.5 Å². The molecule has 3 aliphatic rings. The molecule has 0 bridgehead atoms. The summed E-state index contributed by atoms with van der Waals surface area (Å²) in [6.07, 6.45) is -8.26. The molecule has 3 aliphatic heterocycles. The van der Waals surface area contributed by atoms with E-state index in [0.29, 0.717) is 16.1 Å². The Balaban J connectivity index is 1.17. The van der Waals surface area contributed by atoms with Crippen molar-refractivity contribution in [3.8, 4) is 0 Å². The lowest BCUT2D eigenvalue weighted by atomic mass is 10.1. The Kier molecular flexibility index (Phi) is 7.88. The maximum atomic E-state index is 15.9. The minimum absolute atomic E-state index is 0.0393. The maximum absolute atomic E-state index is 15.9. The van der Waals surface area contributed by atoms with Gasteiger partial charge in [0.1, 0.15) is 30.5 Å². The number of fused-ring (bicyclic) bond motifs is 4. The summed E-state index contributed by atoms with van der Waals surface area (Å²) in [5.74, 6) is 0. The fourth-order valence-electron chi connectivity index (χ4n) is 5.58. The van der Waals surface area contributed by atoms with Crippen LogP contribution in [-0.2, 0) is 36.7 Å². The number of hydrogen-bond acceptors (Lipinski definition) is 13. The first kappa shape index (κ1) is 31.2. The lowest BCUT2D eigenvalue weighted by Gasteiger charge is -2.30. The highest BCUT2D eigenvalue weighted by Gasteiger charge is 2.53. The van der Waals surface area contributed by atoms with Gasteiger partial charge in [0.15, 0.2) is 24.1 Å². The van der Waals surface area contributed by atoms with Crippen LogP contribution in [0.25, 0.3) is 22.1 Å². The number of benzene rings is 1. The van der Waals surface area contributed by atoms with E-state index in [2.05, 4.69) is 20.2 Å². The van der Waals surface area contributed by atoms with Crippen molar-refractivity contribution in [2.45, 2.75) is 56.1 Å². The molecule has 4 unspecified atom stereocenters. The van der Waals surface area contributed by atoms with E-state index in [4.69, 9.17) is 54.3 Å². The lowest BCUT2D eigenvalue weighted by molar-refractivity contribution is -0.0556. The van der Waals surface area contributed by atoms with E-state index < -0.39 is 82.9 Å². The zero-order valence-electron chi connectivity index (χ0n) is 23.1. The van der Waals surface area contributed by atoms with Crippen LogP contribution in [0.4, 0.5) is 4.39 Å². The highest BCUT2D eigenvalue weighted by atomic mass is 35.5. The second-order valence-electron chi connectivity index (χ2n) is 10.7. The highest BCUT2D eigenvalue weighted by molar-refractivity contribution is 7.79. The number of aromatic amines is 1. The number of aliphatic hydroxyl groups is 1. The summed E-state index contributed by atoms with van der Waals surface area (Å²) in [6.45, 7) is 0.475. The molecule has 3 saturated heterocycles. The molecule has 16 nitrogen and oxygen atoms in total. The van der Waals surface area contributed by atoms with Crippen LogP contribution in [0, 0.1) is 6.92 Å². The number of imidazole rings is 2. The third-order valence-corrected chi connectivity index (χ3v) is 10.3. The molecule has 0 amide bonds. The van der Waals surface area contributed by atoms with Crippen molar-refractivity contribution in [2.24, 2.45) is 0 Å². The molecule has 22 heteroatoms. The summed E-state index contributed by atoms with van der Waals surface area (Å²) in [4.78, 5) is 20.3. The molecule has 6 heterocycles. The van der Waals surface area contributed by atoms with Gasteiger partial charge in [-0.3, -0.25) is 18.5 Å². The Labute approximate surface area is 260 Å². The zero-order valence-corrected chi connectivity index (χ0v) is 25.6. The molecule has 0 aliphatic carbocycles. The average Bonchev–Trinajstić information content (AvgIpc) is 3.73. The smallest absolute Gasteiger partial charge is 0.292 e. The Morgan fingerprint density at radius 2 is 1.62 bits per heavy atom. The molecule has 4 aromatic rings. The number of hydrogen-bond donors (Lipinski definition) is 2. The van der Waals surface area contributed by atoms with Crippen LogP contribution < -0.4 is 5.56 Å². The van der Waals surface area contributed by atoms with E-state index in [1.807, 2.05) is 0 Å². The molecule has 45 heavy (non-hydrogen) atoms. The van der Waals surface area contributed by atoms with Crippen LogP contribution in [0.1, 0.15) is 18.0 Å². The van der Waals surface area contributed by atoms with E-state index in [-0.39, 0.29) is 11.0 Å². The van der Waals surface area contributed by atoms with E-state index in [1.54, 1.807) is 19.1 Å². The minimum atomic E-state index is -4.56. The first-order chi connectivity index (χ1) is 21.3. The normalized spacial score (nSPS) is 37.7. The molecular weight excluding hydrogens is 658 g/mol. The molecule has 3 aromatic heterocycles. The molecule has 7 rings (SSSR count). The van der Waals surface area contributed by atoms with Gasteiger partial charge in [-0.15, -0.1) is 0 Å². The number of halogens is 2. The summed E-state index contributed by atoms with van der Waals surface area (Å²) in [6, 6.07) is 3.38. The zero-order chi connectivity index (χ0) is 31.8. The minimum Gasteiger partial charge on any atom is -0.386 e. The first-order valence-corrected chi connectivity index (χ1v) is 17.0. The number of H-pyrrole nitrogens is 1. The van der Waals surface area contributed by atoms with Crippen molar-refractivity contribution in [1.82, 2.24) is 29.3 Å². The molecule has 10 atom stereocenters. The summed E-state index contributed by atoms with van der Waals surface area (Å²) >= 11 is 6.22. The number of aliphatic hydroxyl groups excluding tert-OH is 1. The first-order valence-electron chi connectivity index (χ1n) is 13.4. The fraction of sp³-hybridized carbons (Fsp3) is 0.478. The van der Waals surface area contributed by atoms with Crippen molar-refractivity contribution in [1.29, 1.82) is 0 Å². The second kappa shape index (κ2) is 11.4. The number of nitrogens with zero attached hydrogens (tertiary/aromatic N) is 5. The van der Waals surface area contributed by atoms with Gasteiger partial charge in [-0.2, -0.15) is 5.10 Å². The van der Waals surface area contributed by atoms with E-state index in [9.17, 15) is 19.0 Å². The average molecular weight is 680 g/mol. The van der Waals surface area contributed by atoms with Crippen LogP contribution in [-0.4, -0.2) is 99.4 Å². The molecule has 2 N–H and O–H groups in total. The SMILES string of the molecule is [B]P1(=O)OC[C@H]2O[C@@H](n3cnc4c(=O)[nH]ncc43)C(F)[C@H]2OP([B])(=O)OC[C@H]2O[C@@H](n3cnc4cc(Cl)c(C)cc43)[C@@H](O)C2O1. The summed E-state index contributed by atoms with van der Waals surface area (Å²) in [5.41, 5.74) is 1.26. The topological polar surface area (TPSA) is 191 Å². The van der Waals surface area contributed by atoms with E-state index >= 15 is 4.39 Å². The van der Waals surface area contributed by atoms with Gasteiger partial charge in [0.2, 0.25) is 15.1 Å². The van der Waals surface area contributed by atoms with Crippen molar-refractivity contribution < 1.29 is 46.2 Å². The molecule has 1 aromatic carbocycles. The quantitative estimate of drug-likeness (QED) is 0.231. The number of alkyl halides is 1. The van der Waals surface area contributed by atoms with Crippen LogP contribution >= 0.6 is 26.5 Å². The predicted octanol–water partition coefficient (Wildman–Crippen LogP) is 2.00. The molecule has 3 fully saturated rings. The monoisotopic (exact) mass is 680 g/mol. The third kappa shape index (κ3) is 5.63. The van der Waals surface area contributed by atoms with Gasteiger partial charge >= 0.3 is 0 Å². The van der Waals surface area contributed by atoms with Crippen molar-refractivity contribution in [3.05, 3.63) is 51.9 Å². The largest absolute Gasteiger partial charge is 0.386 e. The molecular formula is C23H22B2ClFN6O10P2. The van der Waals surface area contributed by atoms with Crippen LogP contribution in [0.2, 0.25) is 5.02 Å². The third-order valence-electron chi connectivity index (χ3n) is 7.75. The van der Waals surface area contributed by atoms with Gasteiger partial charge in [-0.05, 0) is 24.6 Å². The second-order valence-corrected chi connectivity index (χ2v) is 14.2. The molecule has 4 radical (unpaired) electrons. The Morgan fingerprint density at radius 1 is 1.00 bits per heavy atom. The van der Waals surface area contributed by atoms with Crippen LogP contribution in [0.15, 0.2) is 35.8 Å². The summed E-state index contributed by atoms with van der Waals surface area (Å²) < 4.78 is 78.8. The van der Waals surface area contributed by atoms with Gasteiger partial charge in [0.05, 0.1) is 48.6 Å². The molecule has 0 saturated carbocycles.